The van der Waals surface area contributed by atoms with E-state index in [-0.39, 0.29) is 4.92 Å². The van der Waals surface area contributed by atoms with E-state index in [1.807, 2.05) is 48.5 Å². The van der Waals surface area contributed by atoms with Crippen LogP contribution in [0.4, 0.5) is 0 Å². The molecule has 3 nitrogen and oxygen atoms in total. The molecular formula is C15H13NO2. The van der Waals surface area contributed by atoms with Gasteiger partial charge in [0, 0.05) is 10.5 Å². The van der Waals surface area contributed by atoms with Gasteiger partial charge in [0.05, 0.1) is 0 Å². The van der Waals surface area contributed by atoms with Crippen molar-refractivity contribution in [3.05, 3.63) is 88.0 Å². The lowest BCUT2D eigenvalue weighted by atomic mass is 10.1. The third kappa shape index (κ3) is 3.04. The van der Waals surface area contributed by atoms with Crippen LogP contribution in [-0.2, 0) is 0 Å². The molecule has 1 unspecified atom stereocenters. The number of benzene rings is 2. The highest BCUT2D eigenvalue weighted by molar-refractivity contribution is 5.50. The Balaban J connectivity index is 2.23. The Morgan fingerprint density at radius 2 is 1.50 bits per heavy atom. The maximum atomic E-state index is 11.1. The van der Waals surface area contributed by atoms with Crippen LogP contribution >= 0.6 is 0 Å². The molecule has 2 rings (SSSR count). The second kappa shape index (κ2) is 5.77. The van der Waals surface area contributed by atoms with Gasteiger partial charge >= 0.3 is 0 Å². The maximum Gasteiger partial charge on any atom is 0.256 e. The van der Waals surface area contributed by atoms with Gasteiger partial charge in [-0.05, 0) is 11.6 Å². The van der Waals surface area contributed by atoms with E-state index in [0.717, 1.165) is 5.56 Å². The Labute approximate surface area is 106 Å². The van der Waals surface area contributed by atoms with Crippen LogP contribution in [-0.4, -0.2) is 4.92 Å². The fourth-order valence-electron chi connectivity index (χ4n) is 1.72. The Hall–Kier alpha value is -2.42. The van der Waals surface area contributed by atoms with E-state index < -0.39 is 6.04 Å². The fraction of sp³-hybridized carbons (Fsp3) is 0.0667. The van der Waals surface area contributed by atoms with Crippen LogP contribution in [0.25, 0.3) is 6.08 Å². The zero-order valence-electron chi connectivity index (χ0n) is 9.77. The van der Waals surface area contributed by atoms with Gasteiger partial charge in [0.15, 0.2) is 0 Å². The van der Waals surface area contributed by atoms with Crippen LogP contribution < -0.4 is 0 Å². The summed E-state index contributed by atoms with van der Waals surface area (Å²) in [7, 11) is 0. The summed E-state index contributed by atoms with van der Waals surface area (Å²) in [4.78, 5) is 10.8. The minimum absolute atomic E-state index is 0.283. The van der Waals surface area contributed by atoms with Crippen molar-refractivity contribution < 1.29 is 4.92 Å². The summed E-state index contributed by atoms with van der Waals surface area (Å²) in [6.07, 6.45) is 3.39. The summed E-state index contributed by atoms with van der Waals surface area (Å²) in [5.74, 6) is 0. The van der Waals surface area contributed by atoms with E-state index in [2.05, 4.69) is 0 Å². The van der Waals surface area contributed by atoms with Crippen molar-refractivity contribution in [2.75, 3.05) is 0 Å². The van der Waals surface area contributed by atoms with Gasteiger partial charge in [0.2, 0.25) is 0 Å². The fourth-order valence-corrected chi connectivity index (χ4v) is 1.72. The molecule has 0 N–H and O–H groups in total. The maximum absolute atomic E-state index is 11.1. The molecule has 3 heteroatoms. The largest absolute Gasteiger partial charge is 0.264 e. The topological polar surface area (TPSA) is 43.1 Å². The van der Waals surface area contributed by atoms with Gasteiger partial charge in [-0.25, -0.2) is 0 Å². The molecule has 90 valence electrons. The summed E-state index contributed by atoms with van der Waals surface area (Å²) in [6, 6.07) is 17.8. The first-order valence-electron chi connectivity index (χ1n) is 5.69. The van der Waals surface area contributed by atoms with Crippen molar-refractivity contribution in [1.29, 1.82) is 0 Å². The summed E-state index contributed by atoms with van der Waals surface area (Å²) >= 11 is 0. The Bertz CT molecular complexity index is 535. The zero-order valence-corrected chi connectivity index (χ0v) is 9.77. The van der Waals surface area contributed by atoms with Crippen molar-refractivity contribution in [1.82, 2.24) is 0 Å². The smallest absolute Gasteiger partial charge is 0.256 e. The molecule has 0 fully saturated rings. The van der Waals surface area contributed by atoms with Crippen molar-refractivity contribution >= 4 is 6.08 Å². The molecule has 0 aromatic heterocycles. The Kier molecular flexibility index (Phi) is 3.86. The molecule has 0 heterocycles. The van der Waals surface area contributed by atoms with Crippen molar-refractivity contribution in [3.63, 3.8) is 0 Å². The molecule has 0 radical (unpaired) electrons. The Morgan fingerprint density at radius 1 is 0.944 bits per heavy atom. The van der Waals surface area contributed by atoms with Gasteiger partial charge in [-0.2, -0.15) is 0 Å². The van der Waals surface area contributed by atoms with Gasteiger partial charge in [-0.3, -0.25) is 10.1 Å². The summed E-state index contributed by atoms with van der Waals surface area (Å²) in [5.41, 5.74) is 1.65. The van der Waals surface area contributed by atoms with Crippen LogP contribution in [0.3, 0.4) is 0 Å². The predicted molar refractivity (Wildman–Crippen MR) is 71.7 cm³/mol. The van der Waals surface area contributed by atoms with Crippen molar-refractivity contribution in [2.45, 2.75) is 6.04 Å². The quantitative estimate of drug-likeness (QED) is 0.602. The molecule has 0 aliphatic heterocycles. The number of hydrogen-bond donors (Lipinski definition) is 0. The highest BCUT2D eigenvalue weighted by Crippen LogP contribution is 2.18. The van der Waals surface area contributed by atoms with Gasteiger partial charge in [0.25, 0.3) is 6.04 Å². The molecule has 1 atom stereocenters. The van der Waals surface area contributed by atoms with Crippen LogP contribution in [0, 0.1) is 10.1 Å². The molecule has 2 aromatic carbocycles. The molecule has 18 heavy (non-hydrogen) atoms. The summed E-state index contributed by atoms with van der Waals surface area (Å²) in [6.45, 7) is 0. The van der Waals surface area contributed by atoms with E-state index >= 15 is 0 Å². The van der Waals surface area contributed by atoms with Gasteiger partial charge in [0.1, 0.15) is 0 Å². The molecule has 0 saturated carbocycles. The highest BCUT2D eigenvalue weighted by Gasteiger charge is 2.17. The molecule has 0 aliphatic rings. The van der Waals surface area contributed by atoms with Crippen molar-refractivity contribution in [2.24, 2.45) is 0 Å². The average molecular weight is 239 g/mol. The zero-order chi connectivity index (χ0) is 12.8. The molecule has 0 saturated heterocycles. The molecule has 2 aromatic rings. The molecule has 0 aliphatic carbocycles. The van der Waals surface area contributed by atoms with Crippen LogP contribution in [0.5, 0.6) is 0 Å². The minimum Gasteiger partial charge on any atom is -0.264 e. The number of nitrogens with zero attached hydrogens (tertiary/aromatic N) is 1. The lowest BCUT2D eigenvalue weighted by Gasteiger charge is -2.04. The molecular weight excluding hydrogens is 226 g/mol. The summed E-state index contributed by atoms with van der Waals surface area (Å²) < 4.78 is 0. The number of nitro groups is 1. The number of hydrogen-bond acceptors (Lipinski definition) is 2. The lowest BCUT2D eigenvalue weighted by Crippen LogP contribution is -2.07. The first-order valence-corrected chi connectivity index (χ1v) is 5.69. The third-order valence-corrected chi connectivity index (χ3v) is 2.64. The SMILES string of the molecule is O=[N+]([O-])C(/C=C/c1ccccc1)c1ccccc1. The minimum atomic E-state index is -0.800. The van der Waals surface area contributed by atoms with Crippen molar-refractivity contribution in [3.8, 4) is 0 Å². The highest BCUT2D eigenvalue weighted by atomic mass is 16.6. The number of rotatable bonds is 4. The first-order chi connectivity index (χ1) is 8.77. The monoisotopic (exact) mass is 239 g/mol. The predicted octanol–water partition coefficient (Wildman–Crippen LogP) is 3.72. The normalized spacial score (nSPS) is 12.4. The van der Waals surface area contributed by atoms with Crippen LogP contribution in [0.15, 0.2) is 66.7 Å². The molecule has 0 bridgehead atoms. The average Bonchev–Trinajstić information content (AvgIpc) is 2.41. The van der Waals surface area contributed by atoms with E-state index in [4.69, 9.17) is 0 Å². The second-order valence-corrected chi connectivity index (χ2v) is 3.91. The summed E-state index contributed by atoms with van der Waals surface area (Å²) in [5, 5.41) is 11.1. The first kappa shape index (κ1) is 12.0. The van der Waals surface area contributed by atoms with Gasteiger partial charge < -0.3 is 0 Å². The van der Waals surface area contributed by atoms with E-state index in [0.29, 0.717) is 5.56 Å². The molecule has 0 amide bonds. The molecule has 0 spiro atoms. The second-order valence-electron chi connectivity index (χ2n) is 3.91. The van der Waals surface area contributed by atoms with Gasteiger partial charge in [-0.1, -0.05) is 66.7 Å². The lowest BCUT2D eigenvalue weighted by molar-refractivity contribution is -0.515. The van der Waals surface area contributed by atoms with E-state index in [1.165, 1.54) is 0 Å². The van der Waals surface area contributed by atoms with Crippen LogP contribution in [0.2, 0.25) is 0 Å². The third-order valence-electron chi connectivity index (χ3n) is 2.64. The van der Waals surface area contributed by atoms with Gasteiger partial charge in [-0.15, -0.1) is 0 Å². The van der Waals surface area contributed by atoms with E-state index in [1.54, 1.807) is 24.3 Å². The van der Waals surface area contributed by atoms with E-state index in [9.17, 15) is 10.1 Å². The van der Waals surface area contributed by atoms with Crippen LogP contribution in [0.1, 0.15) is 17.2 Å². The standard InChI is InChI=1S/C15H13NO2/c17-16(18)15(14-9-5-2-6-10-14)12-11-13-7-3-1-4-8-13/h1-12,15H/b12-11+. The Morgan fingerprint density at radius 3 is 2.06 bits per heavy atom.